The Morgan fingerprint density at radius 1 is 1.47 bits per heavy atom. The van der Waals surface area contributed by atoms with E-state index in [4.69, 9.17) is 5.11 Å². The summed E-state index contributed by atoms with van der Waals surface area (Å²) in [6.45, 7) is 2.81. The van der Waals surface area contributed by atoms with Crippen LogP contribution in [0.3, 0.4) is 0 Å². The number of amides is 1. The lowest BCUT2D eigenvalue weighted by atomic mass is 10.0. The fourth-order valence-corrected chi connectivity index (χ4v) is 2.48. The smallest absolute Gasteiger partial charge is 0.319 e. The first-order valence-electron chi connectivity index (χ1n) is 6.25. The molecule has 0 aromatic carbocycles. The Hall–Kier alpha value is -1.10. The third-order valence-corrected chi connectivity index (χ3v) is 3.92. The summed E-state index contributed by atoms with van der Waals surface area (Å²) >= 11 is 0. The molecule has 2 rings (SSSR count). The normalized spacial score (nSPS) is 26.8. The van der Waals surface area contributed by atoms with Gasteiger partial charge in [0.15, 0.2) is 0 Å². The van der Waals surface area contributed by atoms with Gasteiger partial charge >= 0.3 is 5.97 Å². The molecular weight excluding hydrogens is 220 g/mol. The quantitative estimate of drug-likeness (QED) is 0.679. The van der Waals surface area contributed by atoms with E-state index in [1.807, 2.05) is 0 Å². The topological polar surface area (TPSA) is 69.6 Å². The van der Waals surface area contributed by atoms with Crippen LogP contribution in [0.25, 0.3) is 0 Å². The predicted octanol–water partition coefficient (Wildman–Crippen LogP) is 0.309. The van der Waals surface area contributed by atoms with E-state index in [-0.39, 0.29) is 5.91 Å². The summed E-state index contributed by atoms with van der Waals surface area (Å²) in [5.41, 5.74) is -1.09. The molecule has 1 aliphatic heterocycles. The Labute approximate surface area is 101 Å². The molecule has 1 unspecified atom stereocenters. The minimum absolute atomic E-state index is 0.295. The Bertz CT molecular complexity index is 326. The Balaban J connectivity index is 1.69. The van der Waals surface area contributed by atoms with Gasteiger partial charge in [0.05, 0.1) is 0 Å². The minimum atomic E-state index is -1.09. The van der Waals surface area contributed by atoms with Crippen LogP contribution in [0.15, 0.2) is 0 Å². The molecule has 96 valence electrons. The second-order valence-corrected chi connectivity index (χ2v) is 5.35. The lowest BCUT2D eigenvalue weighted by molar-refractivity contribution is -0.149. The van der Waals surface area contributed by atoms with Gasteiger partial charge in [-0.15, -0.1) is 0 Å². The summed E-state index contributed by atoms with van der Waals surface area (Å²) in [4.78, 5) is 24.9. The first-order valence-corrected chi connectivity index (χ1v) is 6.25. The maximum Gasteiger partial charge on any atom is 0.319 e. The van der Waals surface area contributed by atoms with Gasteiger partial charge in [0.25, 0.3) is 0 Å². The molecule has 1 saturated carbocycles. The number of carboxylic acid groups (broad SMARTS) is 1. The number of hydrogen-bond acceptors (Lipinski definition) is 3. The zero-order valence-electron chi connectivity index (χ0n) is 10.2. The van der Waals surface area contributed by atoms with Crippen molar-refractivity contribution >= 4 is 11.9 Å². The lowest BCUT2D eigenvalue weighted by Crippen LogP contribution is -2.38. The number of carbonyl (C=O) groups excluding carboxylic acids is 1. The highest BCUT2D eigenvalue weighted by Crippen LogP contribution is 2.46. The van der Waals surface area contributed by atoms with Gasteiger partial charge in [0.1, 0.15) is 5.41 Å². The molecule has 0 bridgehead atoms. The molecule has 5 nitrogen and oxygen atoms in total. The van der Waals surface area contributed by atoms with Crippen molar-refractivity contribution in [2.45, 2.75) is 25.7 Å². The first-order chi connectivity index (χ1) is 8.04. The van der Waals surface area contributed by atoms with Crippen molar-refractivity contribution in [2.24, 2.45) is 11.3 Å². The maximum atomic E-state index is 11.7. The minimum Gasteiger partial charge on any atom is -0.480 e. The van der Waals surface area contributed by atoms with E-state index in [9.17, 15) is 9.59 Å². The number of nitrogens with zero attached hydrogens (tertiary/aromatic N) is 1. The number of carbonyl (C=O) groups is 2. The molecule has 2 aliphatic rings. The summed E-state index contributed by atoms with van der Waals surface area (Å²) in [6.07, 6.45) is 3.10. The van der Waals surface area contributed by atoms with E-state index in [1.54, 1.807) is 0 Å². The van der Waals surface area contributed by atoms with Crippen LogP contribution in [-0.4, -0.2) is 48.6 Å². The number of aliphatic carboxylic acids is 1. The highest BCUT2D eigenvalue weighted by Gasteiger charge is 2.56. The van der Waals surface area contributed by atoms with E-state index in [0.29, 0.717) is 25.3 Å². The molecule has 1 amide bonds. The molecule has 1 heterocycles. The molecule has 2 N–H and O–H groups in total. The van der Waals surface area contributed by atoms with Crippen LogP contribution in [-0.2, 0) is 9.59 Å². The third-order valence-electron chi connectivity index (χ3n) is 3.92. The Kier molecular flexibility index (Phi) is 3.38. The van der Waals surface area contributed by atoms with E-state index < -0.39 is 11.4 Å². The molecule has 0 spiro atoms. The van der Waals surface area contributed by atoms with E-state index >= 15 is 0 Å². The molecular formula is C12H20N2O3. The molecule has 5 heteroatoms. The van der Waals surface area contributed by atoms with Gasteiger partial charge < -0.3 is 15.3 Å². The highest BCUT2D eigenvalue weighted by atomic mass is 16.4. The zero-order chi connectivity index (χ0) is 12.5. The van der Waals surface area contributed by atoms with Crippen LogP contribution in [0, 0.1) is 11.3 Å². The zero-order valence-corrected chi connectivity index (χ0v) is 10.2. The van der Waals surface area contributed by atoms with Gasteiger partial charge in [0, 0.05) is 13.1 Å². The van der Waals surface area contributed by atoms with E-state index in [1.165, 1.54) is 6.42 Å². The predicted molar refractivity (Wildman–Crippen MR) is 62.5 cm³/mol. The Morgan fingerprint density at radius 3 is 2.65 bits per heavy atom. The molecule has 0 aromatic heterocycles. The van der Waals surface area contributed by atoms with Crippen LogP contribution < -0.4 is 5.32 Å². The second kappa shape index (κ2) is 4.64. The highest BCUT2D eigenvalue weighted by molar-refractivity contribution is 6.04. The standard InChI is InChI=1S/C12H20N2O3/c1-14-7-3-9(8-14)2-6-13-10(15)12(4-5-12)11(16)17/h9H,2-8H2,1H3,(H,13,15)(H,16,17). The van der Waals surface area contributed by atoms with Crippen LogP contribution in [0.1, 0.15) is 25.7 Å². The van der Waals surface area contributed by atoms with Crippen molar-refractivity contribution in [3.05, 3.63) is 0 Å². The summed E-state index contributed by atoms with van der Waals surface area (Å²) in [7, 11) is 2.10. The van der Waals surface area contributed by atoms with Crippen molar-refractivity contribution < 1.29 is 14.7 Å². The van der Waals surface area contributed by atoms with Gasteiger partial charge in [-0.1, -0.05) is 0 Å². The number of hydrogen-bond donors (Lipinski definition) is 2. The molecule has 0 radical (unpaired) electrons. The number of carboxylic acids is 1. The van der Waals surface area contributed by atoms with Crippen molar-refractivity contribution in [3.8, 4) is 0 Å². The molecule has 1 aliphatic carbocycles. The molecule has 1 saturated heterocycles. The number of likely N-dealkylation sites (tertiary alicyclic amines) is 1. The van der Waals surface area contributed by atoms with Crippen LogP contribution in [0.5, 0.6) is 0 Å². The molecule has 1 atom stereocenters. The van der Waals surface area contributed by atoms with Crippen molar-refractivity contribution in [1.29, 1.82) is 0 Å². The second-order valence-electron chi connectivity index (χ2n) is 5.35. The monoisotopic (exact) mass is 240 g/mol. The fourth-order valence-electron chi connectivity index (χ4n) is 2.48. The van der Waals surface area contributed by atoms with Gasteiger partial charge in [-0.25, -0.2) is 0 Å². The molecule has 2 fully saturated rings. The molecule has 0 aromatic rings. The van der Waals surface area contributed by atoms with Gasteiger partial charge in [-0.05, 0) is 45.2 Å². The third kappa shape index (κ3) is 2.60. The first kappa shape index (κ1) is 12.4. The SMILES string of the molecule is CN1CCC(CCNC(=O)C2(C(=O)O)CC2)C1. The van der Waals surface area contributed by atoms with Crippen LogP contribution in [0.4, 0.5) is 0 Å². The van der Waals surface area contributed by atoms with Crippen molar-refractivity contribution in [2.75, 3.05) is 26.7 Å². The lowest BCUT2D eigenvalue weighted by Gasteiger charge is -2.13. The summed E-state index contributed by atoms with van der Waals surface area (Å²) in [5, 5.41) is 11.7. The van der Waals surface area contributed by atoms with Crippen molar-refractivity contribution in [1.82, 2.24) is 10.2 Å². The van der Waals surface area contributed by atoms with Gasteiger partial charge in [-0.3, -0.25) is 9.59 Å². The summed E-state index contributed by atoms with van der Waals surface area (Å²) in [5.74, 6) is -0.632. The van der Waals surface area contributed by atoms with Gasteiger partial charge in [-0.2, -0.15) is 0 Å². The molecule has 17 heavy (non-hydrogen) atoms. The fraction of sp³-hybridized carbons (Fsp3) is 0.833. The number of nitrogens with one attached hydrogen (secondary N) is 1. The van der Waals surface area contributed by atoms with Gasteiger partial charge in [0.2, 0.25) is 5.91 Å². The largest absolute Gasteiger partial charge is 0.480 e. The van der Waals surface area contributed by atoms with Crippen LogP contribution in [0.2, 0.25) is 0 Å². The van der Waals surface area contributed by atoms with Crippen molar-refractivity contribution in [3.63, 3.8) is 0 Å². The van der Waals surface area contributed by atoms with Crippen LogP contribution >= 0.6 is 0 Å². The summed E-state index contributed by atoms with van der Waals surface area (Å²) in [6, 6.07) is 0. The Morgan fingerprint density at radius 2 is 2.18 bits per heavy atom. The number of rotatable bonds is 5. The summed E-state index contributed by atoms with van der Waals surface area (Å²) < 4.78 is 0. The van der Waals surface area contributed by atoms with E-state index in [0.717, 1.165) is 19.5 Å². The average Bonchev–Trinajstić information content (AvgIpc) is 2.99. The maximum absolute atomic E-state index is 11.7. The average molecular weight is 240 g/mol. The van der Waals surface area contributed by atoms with E-state index in [2.05, 4.69) is 17.3 Å².